The van der Waals surface area contributed by atoms with Gasteiger partial charge < -0.3 is 28.4 Å². The van der Waals surface area contributed by atoms with E-state index in [1.807, 2.05) is 20.8 Å². The number of esters is 6. The quantitative estimate of drug-likeness (QED) is 0.0246. The van der Waals surface area contributed by atoms with Gasteiger partial charge in [-0.2, -0.15) is 0 Å². The molecule has 0 bridgehead atoms. The molecule has 84 heavy (non-hydrogen) atoms. The maximum atomic E-state index is 12.5. The summed E-state index contributed by atoms with van der Waals surface area (Å²) in [6.07, 6.45) is 63.3. The zero-order chi connectivity index (χ0) is 61.9. The van der Waals surface area contributed by atoms with Crippen LogP contribution in [0, 0.1) is 0 Å². The summed E-state index contributed by atoms with van der Waals surface area (Å²) in [5.74, 6) is -1.99. The average molecular weight is 1190 g/mol. The molecule has 1 unspecified atom stereocenters. The first-order valence-corrected chi connectivity index (χ1v) is 35.0. The molecule has 0 fully saturated rings. The molecule has 0 aromatic heterocycles. The van der Waals surface area contributed by atoms with E-state index in [9.17, 15) is 28.8 Å². The average Bonchev–Trinajstić information content (AvgIpc) is 3.48. The Kier molecular flexibility index (Phi) is 66.6. The molecule has 12 nitrogen and oxygen atoms in total. The fourth-order valence-electron chi connectivity index (χ4n) is 9.39. The van der Waals surface area contributed by atoms with Crippen LogP contribution in [0.15, 0.2) is 36.5 Å². The molecule has 0 aliphatic heterocycles. The molecule has 490 valence electrons. The summed E-state index contributed by atoms with van der Waals surface area (Å²) in [7, 11) is 0. The Morgan fingerprint density at radius 1 is 0.226 bits per heavy atom. The van der Waals surface area contributed by atoms with Gasteiger partial charge in [0, 0.05) is 38.5 Å². The molecule has 0 amide bonds. The van der Waals surface area contributed by atoms with Crippen molar-refractivity contribution in [2.24, 2.45) is 0 Å². The zero-order valence-electron chi connectivity index (χ0n) is 55.3. The summed E-state index contributed by atoms with van der Waals surface area (Å²) in [6.45, 7) is 12.1. The molecule has 1 atom stereocenters. The number of ether oxygens (including phenoxy) is 6. The number of hydrogen-bond acceptors (Lipinski definition) is 12. The van der Waals surface area contributed by atoms with E-state index < -0.39 is 12.2 Å². The topological polar surface area (TPSA) is 158 Å². The third-order valence-electron chi connectivity index (χ3n) is 14.6. The normalized spacial score (nSPS) is 11.8. The highest BCUT2D eigenvalue weighted by molar-refractivity contribution is 5.72. The highest BCUT2D eigenvalue weighted by atomic mass is 16.6. The van der Waals surface area contributed by atoms with Crippen molar-refractivity contribution >= 4 is 35.8 Å². The van der Waals surface area contributed by atoms with Crippen molar-refractivity contribution in [1.82, 2.24) is 0 Å². The van der Waals surface area contributed by atoms with Gasteiger partial charge in [-0.05, 0) is 116 Å². The van der Waals surface area contributed by atoms with Gasteiger partial charge >= 0.3 is 35.8 Å². The molecule has 0 aromatic rings. The van der Waals surface area contributed by atoms with Crippen LogP contribution in [0.5, 0.6) is 0 Å². The molecular formula is C72H130O12. The zero-order valence-corrected chi connectivity index (χ0v) is 55.3. The van der Waals surface area contributed by atoms with Gasteiger partial charge in [-0.3, -0.25) is 28.8 Å². The van der Waals surface area contributed by atoms with Crippen molar-refractivity contribution in [3.8, 4) is 0 Å². The second kappa shape index (κ2) is 68.2. The number of unbranched alkanes of at least 4 members (excludes halogenated alkanes) is 33. The smallest absolute Gasteiger partial charge is 0.306 e. The van der Waals surface area contributed by atoms with Gasteiger partial charge in [-0.15, -0.1) is 0 Å². The standard InChI is InChI=1S/C43H78O6.C29H52O6/c1-4-7-9-11-13-15-17-19-21-23-25-27-29-31-33-36-42(45)48-39-40(38-47-41(44)35-6-3)49-43(46)37-34-32-30-28-26-24-22-20-18-16-14-12-10-8-5-2;1-4-7-8-9-10-11-12-13-14-15-16-17-18-19-20-23-29(32)35-26(24-33-27(30)21-5-2)25-34-28(31)22-6-3/h19-22,40H,4-18,23-39H2,1-3H3;13-14,26H,4-12,15-25H2,1-3H3. The highest BCUT2D eigenvalue weighted by Gasteiger charge is 2.21. The van der Waals surface area contributed by atoms with Crippen LogP contribution in [-0.4, -0.2) is 74.5 Å². The summed E-state index contributed by atoms with van der Waals surface area (Å²) >= 11 is 0. The second-order valence-corrected chi connectivity index (χ2v) is 23.2. The summed E-state index contributed by atoms with van der Waals surface area (Å²) in [4.78, 5) is 72.2. The van der Waals surface area contributed by atoms with Crippen molar-refractivity contribution in [2.75, 3.05) is 26.4 Å². The summed E-state index contributed by atoms with van der Waals surface area (Å²) in [5.41, 5.74) is 0. The van der Waals surface area contributed by atoms with Crippen molar-refractivity contribution in [1.29, 1.82) is 0 Å². The monoisotopic (exact) mass is 1190 g/mol. The van der Waals surface area contributed by atoms with E-state index in [2.05, 4.69) is 57.2 Å². The van der Waals surface area contributed by atoms with Gasteiger partial charge in [0.1, 0.15) is 26.4 Å². The molecule has 0 rings (SSSR count). The van der Waals surface area contributed by atoms with Crippen LogP contribution in [0.3, 0.4) is 0 Å². The third-order valence-corrected chi connectivity index (χ3v) is 14.6. The fraction of sp³-hybridized carbons (Fsp3) is 0.833. The Hall–Kier alpha value is -3.96. The van der Waals surface area contributed by atoms with E-state index in [-0.39, 0.29) is 62.2 Å². The minimum atomic E-state index is -0.769. The lowest BCUT2D eigenvalue weighted by atomic mass is 10.1. The van der Waals surface area contributed by atoms with E-state index >= 15 is 0 Å². The molecule has 0 spiro atoms. The Balaban J connectivity index is 0. The van der Waals surface area contributed by atoms with Gasteiger partial charge in [0.15, 0.2) is 12.2 Å². The summed E-state index contributed by atoms with van der Waals surface area (Å²) in [6, 6.07) is 0. The highest BCUT2D eigenvalue weighted by Crippen LogP contribution is 2.16. The molecule has 0 heterocycles. The largest absolute Gasteiger partial charge is 0.462 e. The molecule has 0 saturated carbocycles. The van der Waals surface area contributed by atoms with Gasteiger partial charge in [0.2, 0.25) is 0 Å². The van der Waals surface area contributed by atoms with Crippen molar-refractivity contribution in [3.05, 3.63) is 36.5 Å². The molecular weight excluding hydrogens is 1060 g/mol. The first kappa shape index (κ1) is 82.1. The lowest BCUT2D eigenvalue weighted by molar-refractivity contribution is -0.167. The molecule has 0 aromatic carbocycles. The van der Waals surface area contributed by atoms with E-state index in [1.54, 1.807) is 0 Å². The lowest BCUT2D eigenvalue weighted by Gasteiger charge is -2.18. The Morgan fingerprint density at radius 3 is 0.643 bits per heavy atom. The van der Waals surface area contributed by atoms with Crippen LogP contribution >= 0.6 is 0 Å². The SMILES string of the molecule is CCCCCCCCC=CCCCCCCCC(=O)OC(COC(=O)CCC)COC(=O)CCC.CCCCCCCCC=CCCCCCCCC(=O)OCC(COC(=O)CCC)OC(=O)CCCCCCCC=CCCCCCCCC. The fourth-order valence-corrected chi connectivity index (χ4v) is 9.39. The van der Waals surface area contributed by atoms with Crippen molar-refractivity contribution in [3.63, 3.8) is 0 Å². The van der Waals surface area contributed by atoms with Gasteiger partial charge in [0.25, 0.3) is 0 Å². The van der Waals surface area contributed by atoms with Crippen LogP contribution in [-0.2, 0) is 57.2 Å². The number of carbonyl (C=O) groups is 6. The summed E-state index contributed by atoms with van der Waals surface area (Å²) < 4.78 is 32.0. The molecule has 0 N–H and O–H groups in total. The predicted molar refractivity (Wildman–Crippen MR) is 347 cm³/mol. The second-order valence-electron chi connectivity index (χ2n) is 23.2. The van der Waals surface area contributed by atoms with E-state index in [1.165, 1.54) is 173 Å². The van der Waals surface area contributed by atoms with Crippen LogP contribution in [0.1, 0.15) is 350 Å². The Bertz CT molecular complexity index is 1570. The van der Waals surface area contributed by atoms with Crippen LogP contribution < -0.4 is 0 Å². The minimum Gasteiger partial charge on any atom is -0.462 e. The maximum Gasteiger partial charge on any atom is 0.306 e. The van der Waals surface area contributed by atoms with E-state index in [0.717, 1.165) is 77.0 Å². The van der Waals surface area contributed by atoms with Crippen LogP contribution in [0.2, 0.25) is 0 Å². The minimum absolute atomic E-state index is 0.0819. The van der Waals surface area contributed by atoms with E-state index in [4.69, 9.17) is 28.4 Å². The predicted octanol–water partition coefficient (Wildman–Crippen LogP) is 20.5. The van der Waals surface area contributed by atoms with Gasteiger partial charge in [-0.1, -0.05) is 232 Å². The maximum absolute atomic E-state index is 12.5. The number of rotatable bonds is 61. The first-order chi connectivity index (χ1) is 41.1. The Labute approximate surface area is 515 Å². The first-order valence-electron chi connectivity index (χ1n) is 35.0. The van der Waals surface area contributed by atoms with Crippen molar-refractivity contribution < 1.29 is 57.2 Å². The third kappa shape index (κ3) is 65.6. The number of carbonyl (C=O) groups excluding carboxylic acids is 6. The molecule has 0 saturated heterocycles. The molecule has 0 aliphatic rings. The van der Waals surface area contributed by atoms with Gasteiger partial charge in [0.05, 0.1) is 0 Å². The number of hydrogen-bond donors (Lipinski definition) is 0. The summed E-state index contributed by atoms with van der Waals surface area (Å²) in [5, 5.41) is 0. The van der Waals surface area contributed by atoms with Crippen LogP contribution in [0.4, 0.5) is 0 Å². The lowest BCUT2D eigenvalue weighted by Crippen LogP contribution is -2.30. The van der Waals surface area contributed by atoms with E-state index in [0.29, 0.717) is 57.8 Å². The molecule has 12 heteroatoms. The van der Waals surface area contributed by atoms with Crippen molar-refractivity contribution in [2.45, 2.75) is 362 Å². The Morgan fingerprint density at radius 2 is 0.417 bits per heavy atom. The molecule has 0 radical (unpaired) electrons. The van der Waals surface area contributed by atoms with Crippen LogP contribution in [0.25, 0.3) is 0 Å². The number of allylic oxidation sites excluding steroid dienone is 6. The van der Waals surface area contributed by atoms with Gasteiger partial charge in [-0.25, -0.2) is 0 Å². The molecule has 0 aliphatic carbocycles.